The van der Waals surface area contributed by atoms with Gasteiger partial charge in [-0.15, -0.1) is 0 Å². The quantitative estimate of drug-likeness (QED) is 0.859. The third-order valence-electron chi connectivity index (χ3n) is 3.20. The van der Waals surface area contributed by atoms with Gasteiger partial charge < -0.3 is 5.32 Å². The Bertz CT molecular complexity index is 691. The van der Waals surface area contributed by atoms with E-state index in [1.54, 1.807) is 4.68 Å². The Morgan fingerprint density at radius 3 is 2.48 bits per heavy atom. The van der Waals surface area contributed by atoms with Crippen LogP contribution in [0.3, 0.4) is 0 Å². The number of anilines is 1. The predicted molar refractivity (Wildman–Crippen MR) is 87.8 cm³/mol. The highest BCUT2D eigenvalue weighted by Gasteiger charge is 2.17. The largest absolute Gasteiger partial charge is 0.378 e. The first-order chi connectivity index (χ1) is 10.0. The van der Waals surface area contributed by atoms with E-state index in [0.717, 1.165) is 11.3 Å². The van der Waals surface area contributed by atoms with E-state index >= 15 is 0 Å². The number of benzene rings is 1. The molecule has 1 heterocycles. The normalized spacial score (nSPS) is 10.5. The minimum atomic E-state index is -0.0387. The molecular formula is C16H22N4O. The van der Waals surface area contributed by atoms with Crippen LogP contribution in [0.5, 0.6) is 0 Å². The Morgan fingerprint density at radius 1 is 1.24 bits per heavy atom. The Labute approximate surface area is 124 Å². The number of nitrogens with zero attached hydrogens (tertiary/aromatic N) is 3. The van der Waals surface area contributed by atoms with E-state index in [1.807, 2.05) is 62.8 Å². The summed E-state index contributed by atoms with van der Waals surface area (Å²) in [4.78, 5) is 17.1. The zero-order chi connectivity index (χ0) is 15.4. The van der Waals surface area contributed by atoms with Gasteiger partial charge >= 0.3 is 0 Å². The van der Waals surface area contributed by atoms with E-state index in [2.05, 4.69) is 10.3 Å². The van der Waals surface area contributed by atoms with Crippen LogP contribution in [0.1, 0.15) is 26.3 Å². The molecule has 1 N–H and O–H groups in total. The molecule has 0 saturated carbocycles. The van der Waals surface area contributed by atoms with Gasteiger partial charge in [0, 0.05) is 19.3 Å². The molecule has 5 nitrogen and oxygen atoms in total. The van der Waals surface area contributed by atoms with E-state index < -0.39 is 0 Å². The zero-order valence-electron chi connectivity index (χ0n) is 13.1. The lowest BCUT2D eigenvalue weighted by Gasteiger charge is -2.08. The van der Waals surface area contributed by atoms with Crippen LogP contribution in [0.2, 0.25) is 0 Å². The van der Waals surface area contributed by atoms with E-state index in [1.165, 1.54) is 0 Å². The van der Waals surface area contributed by atoms with Gasteiger partial charge in [-0.05, 0) is 26.3 Å². The summed E-state index contributed by atoms with van der Waals surface area (Å²) in [6.07, 6.45) is 0. The second-order valence-corrected chi connectivity index (χ2v) is 5.16. The molecule has 0 aliphatic carbocycles. The zero-order valence-corrected chi connectivity index (χ0v) is 13.1. The molecule has 2 aromatic rings. The molecule has 1 aromatic carbocycles. The summed E-state index contributed by atoms with van der Waals surface area (Å²) in [6.45, 7) is 7.05. The van der Waals surface area contributed by atoms with Crippen molar-refractivity contribution in [3.05, 3.63) is 46.2 Å². The summed E-state index contributed by atoms with van der Waals surface area (Å²) in [5, 5.41) is 3.14. The minimum Gasteiger partial charge on any atom is -0.378 e. The predicted octanol–water partition coefficient (Wildman–Crippen LogP) is 2.78. The van der Waals surface area contributed by atoms with Crippen LogP contribution in [0.25, 0.3) is 0 Å². The molecule has 112 valence electrons. The molecule has 0 spiro atoms. The third kappa shape index (κ3) is 3.24. The molecule has 0 radical (unpaired) electrons. The van der Waals surface area contributed by atoms with Crippen LogP contribution in [-0.2, 0) is 13.6 Å². The molecule has 2 rings (SSSR count). The second kappa shape index (κ2) is 6.43. The highest BCUT2D eigenvalue weighted by atomic mass is 16.1. The molecule has 0 unspecified atom stereocenters. The average Bonchev–Trinajstić information content (AvgIpc) is 2.66. The van der Waals surface area contributed by atoms with Gasteiger partial charge in [-0.3, -0.25) is 9.48 Å². The van der Waals surface area contributed by atoms with E-state index in [-0.39, 0.29) is 5.56 Å². The Balaban J connectivity index is 2.52. The van der Waals surface area contributed by atoms with E-state index in [0.29, 0.717) is 24.6 Å². The number of rotatable bonds is 5. The molecule has 1 aromatic heterocycles. The van der Waals surface area contributed by atoms with Gasteiger partial charge in [0.05, 0.1) is 6.54 Å². The van der Waals surface area contributed by atoms with Gasteiger partial charge in [-0.2, -0.15) is 0 Å². The van der Waals surface area contributed by atoms with Crippen molar-refractivity contribution in [1.29, 1.82) is 0 Å². The average molecular weight is 286 g/mol. The first kappa shape index (κ1) is 15.1. The fourth-order valence-corrected chi connectivity index (χ4v) is 2.24. The standard InChI is InChI=1S/C16H22N4O/c1-5-17-14-15(18-12(2)3)19(4)20(16(14)21)11-13-9-7-6-8-10-13/h6-10,17H,5,11H2,1-4H3. The summed E-state index contributed by atoms with van der Waals surface area (Å²) in [6, 6.07) is 9.95. The van der Waals surface area contributed by atoms with Gasteiger partial charge in [0.2, 0.25) is 0 Å². The molecule has 0 aliphatic rings. The van der Waals surface area contributed by atoms with Crippen molar-refractivity contribution in [1.82, 2.24) is 9.36 Å². The van der Waals surface area contributed by atoms with Crippen molar-refractivity contribution in [3.8, 4) is 0 Å². The van der Waals surface area contributed by atoms with Crippen molar-refractivity contribution < 1.29 is 0 Å². The summed E-state index contributed by atoms with van der Waals surface area (Å²) in [7, 11) is 1.87. The minimum absolute atomic E-state index is 0.0387. The molecule has 0 fully saturated rings. The van der Waals surface area contributed by atoms with Crippen LogP contribution in [0.4, 0.5) is 11.5 Å². The lowest BCUT2D eigenvalue weighted by atomic mass is 10.2. The van der Waals surface area contributed by atoms with Crippen LogP contribution in [-0.4, -0.2) is 21.6 Å². The summed E-state index contributed by atoms with van der Waals surface area (Å²) in [5.74, 6) is 0.679. The molecule has 0 saturated heterocycles. The van der Waals surface area contributed by atoms with Gasteiger partial charge in [-0.25, -0.2) is 9.67 Å². The Kier molecular flexibility index (Phi) is 4.62. The van der Waals surface area contributed by atoms with Crippen molar-refractivity contribution in [2.45, 2.75) is 27.3 Å². The SMILES string of the molecule is CCNc1c(N=C(C)C)n(C)n(Cc2ccccc2)c1=O. The maximum absolute atomic E-state index is 12.6. The van der Waals surface area contributed by atoms with Crippen molar-refractivity contribution >= 4 is 17.2 Å². The summed E-state index contributed by atoms with van der Waals surface area (Å²) >= 11 is 0. The fourth-order valence-electron chi connectivity index (χ4n) is 2.24. The van der Waals surface area contributed by atoms with Crippen molar-refractivity contribution in [2.75, 3.05) is 11.9 Å². The fraction of sp³-hybridized carbons (Fsp3) is 0.375. The summed E-state index contributed by atoms with van der Waals surface area (Å²) in [5.41, 5.74) is 2.54. The van der Waals surface area contributed by atoms with Crippen molar-refractivity contribution in [3.63, 3.8) is 0 Å². The van der Waals surface area contributed by atoms with Gasteiger partial charge in [0.15, 0.2) is 5.82 Å². The number of hydrogen-bond acceptors (Lipinski definition) is 3. The maximum atomic E-state index is 12.6. The molecule has 0 atom stereocenters. The maximum Gasteiger partial charge on any atom is 0.292 e. The summed E-state index contributed by atoms with van der Waals surface area (Å²) < 4.78 is 3.52. The first-order valence-corrected chi connectivity index (χ1v) is 7.14. The molecule has 0 bridgehead atoms. The van der Waals surface area contributed by atoms with Crippen LogP contribution < -0.4 is 10.9 Å². The number of hydrogen-bond donors (Lipinski definition) is 1. The molecule has 21 heavy (non-hydrogen) atoms. The van der Waals surface area contributed by atoms with E-state index in [9.17, 15) is 4.79 Å². The third-order valence-corrected chi connectivity index (χ3v) is 3.20. The van der Waals surface area contributed by atoms with E-state index in [4.69, 9.17) is 0 Å². The lowest BCUT2D eigenvalue weighted by Crippen LogP contribution is -2.23. The van der Waals surface area contributed by atoms with Crippen molar-refractivity contribution in [2.24, 2.45) is 12.0 Å². The Hall–Kier alpha value is -2.30. The smallest absolute Gasteiger partial charge is 0.292 e. The molecule has 0 aliphatic heterocycles. The van der Waals surface area contributed by atoms with Gasteiger partial charge in [-0.1, -0.05) is 30.3 Å². The number of nitrogens with one attached hydrogen (secondary N) is 1. The van der Waals surface area contributed by atoms with Crippen LogP contribution in [0.15, 0.2) is 40.1 Å². The molecule has 0 amide bonds. The van der Waals surface area contributed by atoms with Gasteiger partial charge in [0.1, 0.15) is 5.69 Å². The van der Waals surface area contributed by atoms with Crippen LogP contribution >= 0.6 is 0 Å². The number of aromatic nitrogens is 2. The highest BCUT2D eigenvalue weighted by Crippen LogP contribution is 2.22. The number of aliphatic imine (C=N–C) groups is 1. The van der Waals surface area contributed by atoms with Gasteiger partial charge in [0.25, 0.3) is 5.56 Å². The molecular weight excluding hydrogens is 264 g/mol. The van der Waals surface area contributed by atoms with Crippen LogP contribution in [0, 0.1) is 0 Å². The Morgan fingerprint density at radius 2 is 1.90 bits per heavy atom. The lowest BCUT2D eigenvalue weighted by molar-refractivity contribution is 0.539. The molecule has 5 heteroatoms. The second-order valence-electron chi connectivity index (χ2n) is 5.16. The first-order valence-electron chi connectivity index (χ1n) is 7.14. The topological polar surface area (TPSA) is 51.3 Å². The monoisotopic (exact) mass is 286 g/mol. The highest BCUT2D eigenvalue weighted by molar-refractivity contribution is 5.83.